The van der Waals surface area contributed by atoms with E-state index in [0.717, 1.165) is 0 Å². The van der Waals surface area contributed by atoms with Gasteiger partial charge < -0.3 is 9.73 Å². The Kier molecular flexibility index (Phi) is 4.25. The van der Waals surface area contributed by atoms with Gasteiger partial charge >= 0.3 is 0 Å². The molecule has 1 aromatic carbocycles. The SMILES string of the molecule is O=C(/C=C/c1ccc(Br)o1)NC(c1ccccc1)C1CC1. The number of amides is 1. The van der Waals surface area contributed by atoms with Crippen LogP contribution in [0, 0.1) is 5.92 Å². The van der Waals surface area contributed by atoms with Crippen molar-refractivity contribution in [3.8, 4) is 0 Å². The van der Waals surface area contributed by atoms with Gasteiger partial charge in [0.25, 0.3) is 0 Å². The molecule has 1 aliphatic rings. The highest BCUT2D eigenvalue weighted by Crippen LogP contribution is 2.40. The van der Waals surface area contributed by atoms with Crippen molar-refractivity contribution < 1.29 is 9.21 Å². The fraction of sp³-hybridized carbons (Fsp3) is 0.235. The number of rotatable bonds is 5. The number of nitrogens with one attached hydrogen (secondary N) is 1. The molecule has 4 heteroatoms. The van der Waals surface area contributed by atoms with Gasteiger partial charge in [0, 0.05) is 6.08 Å². The Labute approximate surface area is 132 Å². The van der Waals surface area contributed by atoms with Gasteiger partial charge in [-0.05, 0) is 58.5 Å². The summed E-state index contributed by atoms with van der Waals surface area (Å²) in [5.41, 5.74) is 1.17. The molecule has 1 aromatic heterocycles. The van der Waals surface area contributed by atoms with Gasteiger partial charge in [0.2, 0.25) is 5.91 Å². The van der Waals surface area contributed by atoms with Crippen LogP contribution in [0.25, 0.3) is 6.08 Å². The van der Waals surface area contributed by atoms with Crippen molar-refractivity contribution in [1.29, 1.82) is 0 Å². The zero-order valence-corrected chi connectivity index (χ0v) is 13.0. The van der Waals surface area contributed by atoms with Crippen molar-refractivity contribution in [1.82, 2.24) is 5.32 Å². The maximum Gasteiger partial charge on any atom is 0.244 e. The zero-order chi connectivity index (χ0) is 14.7. The summed E-state index contributed by atoms with van der Waals surface area (Å²) in [7, 11) is 0. The lowest BCUT2D eigenvalue weighted by Gasteiger charge is -2.17. The van der Waals surface area contributed by atoms with E-state index in [1.807, 2.05) is 24.3 Å². The van der Waals surface area contributed by atoms with Gasteiger partial charge in [-0.25, -0.2) is 0 Å². The summed E-state index contributed by atoms with van der Waals surface area (Å²) >= 11 is 3.24. The van der Waals surface area contributed by atoms with Crippen LogP contribution in [-0.4, -0.2) is 5.91 Å². The number of furan rings is 1. The van der Waals surface area contributed by atoms with Crippen LogP contribution < -0.4 is 5.32 Å². The summed E-state index contributed by atoms with van der Waals surface area (Å²) in [5.74, 6) is 1.12. The van der Waals surface area contributed by atoms with Gasteiger partial charge in [0.05, 0.1) is 6.04 Å². The smallest absolute Gasteiger partial charge is 0.244 e. The van der Waals surface area contributed by atoms with Crippen molar-refractivity contribution >= 4 is 27.9 Å². The van der Waals surface area contributed by atoms with E-state index in [-0.39, 0.29) is 11.9 Å². The maximum absolute atomic E-state index is 12.1. The minimum absolute atomic E-state index is 0.0942. The number of halogens is 1. The van der Waals surface area contributed by atoms with E-state index in [2.05, 4.69) is 33.4 Å². The molecule has 0 spiro atoms. The van der Waals surface area contributed by atoms with Crippen molar-refractivity contribution in [3.05, 3.63) is 64.5 Å². The van der Waals surface area contributed by atoms with E-state index in [1.54, 1.807) is 12.1 Å². The second-order valence-corrected chi connectivity index (χ2v) is 5.99. The number of benzene rings is 1. The van der Waals surface area contributed by atoms with Crippen molar-refractivity contribution in [3.63, 3.8) is 0 Å². The Morgan fingerprint density at radius 2 is 2.00 bits per heavy atom. The van der Waals surface area contributed by atoms with Crippen LogP contribution in [-0.2, 0) is 4.79 Å². The molecule has 1 heterocycles. The summed E-state index contributed by atoms with van der Waals surface area (Å²) in [5, 5.41) is 3.09. The van der Waals surface area contributed by atoms with Crippen LogP contribution in [0.3, 0.4) is 0 Å². The summed E-state index contributed by atoms with van der Waals surface area (Å²) in [6.07, 6.45) is 5.54. The van der Waals surface area contributed by atoms with E-state index in [1.165, 1.54) is 24.5 Å². The normalized spacial score (nSPS) is 16.0. The highest BCUT2D eigenvalue weighted by Gasteiger charge is 2.32. The minimum Gasteiger partial charge on any atom is -0.450 e. The van der Waals surface area contributed by atoms with Crippen LogP contribution in [0.2, 0.25) is 0 Å². The van der Waals surface area contributed by atoms with Gasteiger partial charge in [-0.2, -0.15) is 0 Å². The van der Waals surface area contributed by atoms with E-state index in [0.29, 0.717) is 16.3 Å². The van der Waals surface area contributed by atoms with Crippen LogP contribution in [0.15, 0.2) is 57.6 Å². The Morgan fingerprint density at radius 3 is 2.62 bits per heavy atom. The van der Waals surface area contributed by atoms with Crippen LogP contribution in [0.1, 0.15) is 30.2 Å². The molecule has 0 bridgehead atoms. The maximum atomic E-state index is 12.1. The summed E-state index contributed by atoms with van der Waals surface area (Å²) in [4.78, 5) is 12.1. The molecule has 0 aliphatic heterocycles. The molecule has 1 atom stereocenters. The second kappa shape index (κ2) is 6.31. The lowest BCUT2D eigenvalue weighted by atomic mass is 10.0. The molecule has 1 unspecified atom stereocenters. The highest BCUT2D eigenvalue weighted by molar-refractivity contribution is 9.10. The lowest BCUT2D eigenvalue weighted by molar-refractivity contribution is -0.117. The molecule has 3 nitrogen and oxygen atoms in total. The number of carbonyl (C=O) groups is 1. The van der Waals surface area contributed by atoms with Crippen LogP contribution in [0.4, 0.5) is 0 Å². The first-order chi connectivity index (χ1) is 10.2. The Balaban J connectivity index is 1.66. The van der Waals surface area contributed by atoms with Gasteiger partial charge in [-0.15, -0.1) is 0 Å². The summed E-state index contributed by atoms with van der Waals surface area (Å²) < 4.78 is 5.99. The first kappa shape index (κ1) is 14.1. The topological polar surface area (TPSA) is 42.2 Å². The molecule has 1 N–H and O–H groups in total. The molecule has 1 fully saturated rings. The van der Waals surface area contributed by atoms with E-state index in [9.17, 15) is 4.79 Å². The Bertz CT molecular complexity index is 644. The summed E-state index contributed by atoms with van der Waals surface area (Å²) in [6.45, 7) is 0. The van der Waals surface area contributed by atoms with E-state index in [4.69, 9.17) is 4.42 Å². The largest absolute Gasteiger partial charge is 0.450 e. The predicted molar refractivity (Wildman–Crippen MR) is 85.5 cm³/mol. The average molecular weight is 346 g/mol. The van der Waals surface area contributed by atoms with Crippen molar-refractivity contribution in [2.45, 2.75) is 18.9 Å². The molecular weight excluding hydrogens is 330 g/mol. The molecule has 1 saturated carbocycles. The minimum atomic E-state index is -0.0942. The summed E-state index contributed by atoms with van der Waals surface area (Å²) in [6, 6.07) is 13.8. The Hall–Kier alpha value is -1.81. The number of hydrogen-bond donors (Lipinski definition) is 1. The molecule has 1 aliphatic carbocycles. The third-order valence-corrected chi connectivity index (χ3v) is 3.97. The van der Waals surface area contributed by atoms with Gasteiger partial charge in [0.15, 0.2) is 4.67 Å². The van der Waals surface area contributed by atoms with Gasteiger partial charge in [-0.1, -0.05) is 30.3 Å². The fourth-order valence-corrected chi connectivity index (χ4v) is 2.66. The molecule has 0 radical (unpaired) electrons. The standard InChI is InChI=1S/C17H16BrNO2/c18-15-10-8-14(21-15)9-11-16(20)19-17(13-6-7-13)12-4-2-1-3-5-12/h1-5,8-11,13,17H,6-7H2,(H,19,20)/b11-9+. The zero-order valence-electron chi connectivity index (χ0n) is 11.5. The average Bonchev–Trinajstić information content (AvgIpc) is 3.26. The molecule has 0 saturated heterocycles. The molecule has 108 valence electrons. The van der Waals surface area contributed by atoms with E-state index < -0.39 is 0 Å². The molecule has 2 aromatic rings. The Morgan fingerprint density at radius 1 is 1.24 bits per heavy atom. The monoisotopic (exact) mass is 345 g/mol. The first-order valence-corrected chi connectivity index (χ1v) is 7.80. The molecule has 21 heavy (non-hydrogen) atoms. The number of hydrogen-bond acceptors (Lipinski definition) is 2. The van der Waals surface area contributed by atoms with Crippen molar-refractivity contribution in [2.75, 3.05) is 0 Å². The fourth-order valence-electron chi connectivity index (χ4n) is 2.34. The third-order valence-electron chi connectivity index (χ3n) is 3.54. The molecule has 1 amide bonds. The van der Waals surface area contributed by atoms with Gasteiger partial charge in [0.1, 0.15) is 5.76 Å². The second-order valence-electron chi connectivity index (χ2n) is 5.21. The third kappa shape index (κ3) is 3.85. The van der Waals surface area contributed by atoms with Crippen LogP contribution in [0.5, 0.6) is 0 Å². The predicted octanol–water partition coefficient (Wildman–Crippen LogP) is 4.32. The lowest BCUT2D eigenvalue weighted by Crippen LogP contribution is -2.28. The number of carbonyl (C=O) groups excluding carboxylic acids is 1. The van der Waals surface area contributed by atoms with Crippen LogP contribution >= 0.6 is 15.9 Å². The first-order valence-electron chi connectivity index (χ1n) is 7.01. The highest BCUT2D eigenvalue weighted by atomic mass is 79.9. The van der Waals surface area contributed by atoms with E-state index >= 15 is 0 Å². The van der Waals surface area contributed by atoms with Crippen molar-refractivity contribution in [2.24, 2.45) is 5.92 Å². The quantitative estimate of drug-likeness (QED) is 0.819. The molecular formula is C17H16BrNO2. The molecule has 3 rings (SSSR count). The van der Waals surface area contributed by atoms with Gasteiger partial charge in [-0.3, -0.25) is 4.79 Å².